The van der Waals surface area contributed by atoms with Gasteiger partial charge in [-0.15, -0.1) is 0 Å². The first kappa shape index (κ1) is 21.0. The SMILES string of the molecule is CCN(C(=O)CN1C(=O)NC(C)(c2cccc([N+](=O)[O-])c2)C1=O)c1ccccc1C. The molecule has 1 N–H and O–H groups in total. The number of amides is 4. The van der Waals surface area contributed by atoms with Gasteiger partial charge in [-0.3, -0.25) is 24.6 Å². The molecule has 1 atom stereocenters. The molecule has 0 aromatic heterocycles. The minimum absolute atomic E-state index is 0.193. The summed E-state index contributed by atoms with van der Waals surface area (Å²) >= 11 is 0. The van der Waals surface area contributed by atoms with Crippen LogP contribution in [0.4, 0.5) is 16.2 Å². The summed E-state index contributed by atoms with van der Waals surface area (Å²) < 4.78 is 0. The van der Waals surface area contributed by atoms with E-state index in [0.29, 0.717) is 12.2 Å². The molecule has 9 heteroatoms. The molecule has 0 saturated carbocycles. The number of carbonyl (C=O) groups excluding carboxylic acids is 3. The normalized spacial score (nSPS) is 18.3. The summed E-state index contributed by atoms with van der Waals surface area (Å²) in [5, 5.41) is 13.6. The lowest BCUT2D eigenvalue weighted by Gasteiger charge is -2.25. The van der Waals surface area contributed by atoms with Gasteiger partial charge in [-0.25, -0.2) is 4.79 Å². The van der Waals surface area contributed by atoms with Gasteiger partial charge in [0.25, 0.3) is 11.6 Å². The first-order chi connectivity index (χ1) is 14.2. The molecular weight excluding hydrogens is 388 g/mol. The summed E-state index contributed by atoms with van der Waals surface area (Å²) in [4.78, 5) is 51.4. The summed E-state index contributed by atoms with van der Waals surface area (Å²) in [5.41, 5.74) is 0.186. The molecule has 9 nitrogen and oxygen atoms in total. The second kappa shape index (κ2) is 7.94. The van der Waals surface area contributed by atoms with Crippen LogP contribution < -0.4 is 10.2 Å². The van der Waals surface area contributed by atoms with E-state index in [1.165, 1.54) is 36.1 Å². The number of nitro benzene ring substituents is 1. The van der Waals surface area contributed by atoms with Crippen molar-refractivity contribution in [2.45, 2.75) is 26.3 Å². The predicted octanol–water partition coefficient (Wildman–Crippen LogP) is 2.72. The van der Waals surface area contributed by atoms with Crippen LogP contribution in [-0.2, 0) is 15.1 Å². The Morgan fingerprint density at radius 1 is 1.20 bits per heavy atom. The Morgan fingerprint density at radius 2 is 1.90 bits per heavy atom. The maximum atomic E-state index is 13.1. The first-order valence-electron chi connectivity index (χ1n) is 9.44. The summed E-state index contributed by atoms with van der Waals surface area (Å²) in [5.74, 6) is -1.04. The minimum Gasteiger partial charge on any atom is -0.319 e. The predicted molar refractivity (Wildman–Crippen MR) is 110 cm³/mol. The number of nitrogens with zero attached hydrogens (tertiary/aromatic N) is 3. The number of hydrogen-bond donors (Lipinski definition) is 1. The number of anilines is 1. The minimum atomic E-state index is -1.50. The fourth-order valence-electron chi connectivity index (χ4n) is 3.53. The van der Waals surface area contributed by atoms with Crippen molar-refractivity contribution in [2.75, 3.05) is 18.0 Å². The zero-order valence-corrected chi connectivity index (χ0v) is 16.9. The smallest absolute Gasteiger partial charge is 0.319 e. The van der Waals surface area contributed by atoms with Crippen molar-refractivity contribution >= 4 is 29.2 Å². The van der Waals surface area contributed by atoms with E-state index in [0.717, 1.165) is 10.5 Å². The van der Waals surface area contributed by atoms with E-state index in [9.17, 15) is 24.5 Å². The molecule has 2 aromatic rings. The van der Waals surface area contributed by atoms with Crippen molar-refractivity contribution in [2.24, 2.45) is 0 Å². The molecule has 4 amide bonds. The molecule has 3 rings (SSSR count). The van der Waals surface area contributed by atoms with Crippen LogP contribution in [0.25, 0.3) is 0 Å². The van der Waals surface area contributed by atoms with Crippen molar-refractivity contribution in [3.05, 3.63) is 69.8 Å². The van der Waals surface area contributed by atoms with Crippen molar-refractivity contribution < 1.29 is 19.3 Å². The number of benzene rings is 2. The number of carbonyl (C=O) groups is 3. The van der Waals surface area contributed by atoms with E-state index < -0.39 is 34.9 Å². The number of nitrogens with one attached hydrogen (secondary N) is 1. The number of rotatable bonds is 6. The summed E-state index contributed by atoms with van der Waals surface area (Å²) in [6.45, 7) is 5.09. The zero-order chi connectivity index (χ0) is 22.1. The highest BCUT2D eigenvalue weighted by molar-refractivity contribution is 6.10. The lowest BCUT2D eigenvalue weighted by atomic mass is 9.91. The highest BCUT2D eigenvalue weighted by Crippen LogP contribution is 2.31. The average molecular weight is 410 g/mol. The van der Waals surface area contributed by atoms with Gasteiger partial charge in [-0.2, -0.15) is 0 Å². The van der Waals surface area contributed by atoms with Crippen LogP contribution in [0.2, 0.25) is 0 Å². The van der Waals surface area contributed by atoms with Gasteiger partial charge in [0.15, 0.2) is 0 Å². The quantitative estimate of drug-likeness (QED) is 0.447. The van der Waals surface area contributed by atoms with Crippen LogP contribution in [0.1, 0.15) is 25.0 Å². The molecule has 1 aliphatic rings. The van der Waals surface area contributed by atoms with Gasteiger partial charge < -0.3 is 10.2 Å². The maximum absolute atomic E-state index is 13.1. The molecule has 2 aromatic carbocycles. The number of likely N-dealkylation sites (N-methyl/N-ethyl adjacent to an activating group) is 1. The Balaban J connectivity index is 1.86. The van der Waals surface area contributed by atoms with E-state index in [1.807, 2.05) is 32.0 Å². The fourth-order valence-corrected chi connectivity index (χ4v) is 3.53. The largest absolute Gasteiger partial charge is 0.325 e. The van der Waals surface area contributed by atoms with Crippen LogP contribution in [0.15, 0.2) is 48.5 Å². The molecule has 156 valence electrons. The second-order valence-electron chi connectivity index (χ2n) is 7.18. The van der Waals surface area contributed by atoms with E-state index >= 15 is 0 Å². The maximum Gasteiger partial charge on any atom is 0.325 e. The Hall–Kier alpha value is -3.75. The van der Waals surface area contributed by atoms with Crippen LogP contribution in [0.5, 0.6) is 0 Å². The number of urea groups is 1. The molecule has 0 bridgehead atoms. The van der Waals surface area contributed by atoms with Gasteiger partial charge in [0, 0.05) is 24.4 Å². The lowest BCUT2D eigenvalue weighted by molar-refractivity contribution is -0.385. The molecule has 0 aliphatic carbocycles. The number of nitro groups is 1. The van der Waals surface area contributed by atoms with Crippen LogP contribution in [0.3, 0.4) is 0 Å². The Morgan fingerprint density at radius 3 is 2.53 bits per heavy atom. The van der Waals surface area contributed by atoms with Crippen molar-refractivity contribution in [3.63, 3.8) is 0 Å². The van der Waals surface area contributed by atoms with Crippen molar-refractivity contribution in [3.8, 4) is 0 Å². The fraction of sp³-hybridized carbons (Fsp3) is 0.286. The summed E-state index contributed by atoms with van der Waals surface area (Å²) in [6.07, 6.45) is 0. The second-order valence-corrected chi connectivity index (χ2v) is 7.18. The number of aryl methyl sites for hydroxylation is 1. The van der Waals surface area contributed by atoms with Gasteiger partial charge in [-0.1, -0.05) is 30.3 Å². The average Bonchev–Trinajstić information content (AvgIpc) is 2.94. The highest BCUT2D eigenvalue weighted by atomic mass is 16.6. The Kier molecular flexibility index (Phi) is 5.55. The third-order valence-corrected chi connectivity index (χ3v) is 5.23. The van der Waals surface area contributed by atoms with Gasteiger partial charge in [0.2, 0.25) is 5.91 Å². The van der Waals surface area contributed by atoms with Gasteiger partial charge in [0.1, 0.15) is 12.1 Å². The Labute approximate surface area is 173 Å². The monoisotopic (exact) mass is 410 g/mol. The van der Waals surface area contributed by atoms with E-state index in [1.54, 1.807) is 6.07 Å². The molecule has 1 unspecified atom stereocenters. The van der Waals surface area contributed by atoms with Gasteiger partial charge in [-0.05, 0) is 38.0 Å². The zero-order valence-electron chi connectivity index (χ0n) is 16.9. The van der Waals surface area contributed by atoms with Crippen LogP contribution in [-0.4, -0.2) is 40.8 Å². The van der Waals surface area contributed by atoms with Crippen LogP contribution in [0, 0.1) is 17.0 Å². The summed E-state index contributed by atoms with van der Waals surface area (Å²) in [7, 11) is 0. The molecular formula is C21H22N4O5. The molecule has 1 heterocycles. The van der Waals surface area contributed by atoms with E-state index in [2.05, 4.69) is 5.32 Å². The number of imide groups is 1. The Bertz CT molecular complexity index is 1040. The molecule has 1 aliphatic heterocycles. The van der Waals surface area contributed by atoms with E-state index in [-0.39, 0.29) is 11.3 Å². The van der Waals surface area contributed by atoms with E-state index in [4.69, 9.17) is 0 Å². The van der Waals surface area contributed by atoms with Crippen molar-refractivity contribution in [1.82, 2.24) is 10.2 Å². The molecule has 0 spiro atoms. The van der Waals surface area contributed by atoms with Crippen LogP contribution >= 0.6 is 0 Å². The highest BCUT2D eigenvalue weighted by Gasteiger charge is 2.50. The first-order valence-corrected chi connectivity index (χ1v) is 9.44. The lowest BCUT2D eigenvalue weighted by Crippen LogP contribution is -2.44. The molecule has 30 heavy (non-hydrogen) atoms. The molecule has 0 radical (unpaired) electrons. The van der Waals surface area contributed by atoms with Crippen molar-refractivity contribution in [1.29, 1.82) is 0 Å². The number of para-hydroxylation sites is 1. The third kappa shape index (κ3) is 3.61. The third-order valence-electron chi connectivity index (χ3n) is 5.23. The number of non-ortho nitro benzene ring substituents is 1. The molecule has 1 saturated heterocycles. The standard InChI is InChI=1S/C21H22N4O5/c1-4-23(17-11-6-5-8-14(17)2)18(26)13-24-19(27)21(3,22-20(24)28)15-9-7-10-16(12-15)25(29)30/h5-12H,4,13H2,1-3H3,(H,22,28). The summed E-state index contributed by atoms with van der Waals surface area (Å²) in [6, 6.07) is 12.2. The number of hydrogen-bond acceptors (Lipinski definition) is 5. The molecule has 1 fully saturated rings. The van der Waals surface area contributed by atoms with Gasteiger partial charge >= 0.3 is 6.03 Å². The topological polar surface area (TPSA) is 113 Å². The van der Waals surface area contributed by atoms with Gasteiger partial charge in [0.05, 0.1) is 4.92 Å².